The van der Waals surface area contributed by atoms with E-state index in [0.717, 1.165) is 0 Å². The monoisotopic (exact) mass is 266 g/mol. The van der Waals surface area contributed by atoms with E-state index in [4.69, 9.17) is 30.1 Å². The third-order valence-electron chi connectivity index (χ3n) is 1.90. The maximum atomic E-state index is 11.2. The Balaban J connectivity index is 2.17. The molecule has 92 valence electrons. The van der Waals surface area contributed by atoms with Gasteiger partial charge in [-0.2, -0.15) is 0 Å². The smallest absolute Gasteiger partial charge is 0.333 e. The van der Waals surface area contributed by atoms with Crippen molar-refractivity contribution in [2.45, 2.75) is 13.8 Å². The molecular formula is C9H15O5PS. The van der Waals surface area contributed by atoms with E-state index in [1.165, 1.54) is 0 Å². The van der Waals surface area contributed by atoms with Gasteiger partial charge in [-0.25, -0.2) is 4.79 Å². The first kappa shape index (κ1) is 13.8. The van der Waals surface area contributed by atoms with Gasteiger partial charge in [-0.3, -0.25) is 0 Å². The SMILES string of the molecule is CC=C(C)C(=O)OCCOP1(=S)OCCO1. The molecule has 7 heteroatoms. The van der Waals surface area contributed by atoms with Gasteiger partial charge in [-0.15, -0.1) is 0 Å². The Hall–Kier alpha value is -0.260. The molecule has 0 bridgehead atoms. The highest BCUT2D eigenvalue weighted by Crippen LogP contribution is 2.52. The number of esters is 1. The van der Waals surface area contributed by atoms with E-state index >= 15 is 0 Å². The molecule has 0 spiro atoms. The third kappa shape index (κ3) is 4.31. The van der Waals surface area contributed by atoms with Crippen LogP contribution in [0.25, 0.3) is 0 Å². The Bertz CT molecular complexity index is 318. The predicted octanol–water partition coefficient (Wildman–Crippen LogP) is 1.78. The van der Waals surface area contributed by atoms with Crippen LogP contribution in [0.5, 0.6) is 0 Å². The second-order valence-electron chi connectivity index (χ2n) is 3.05. The third-order valence-corrected chi connectivity index (χ3v) is 4.35. The molecule has 0 atom stereocenters. The van der Waals surface area contributed by atoms with Crippen LogP contribution in [-0.4, -0.2) is 32.4 Å². The summed E-state index contributed by atoms with van der Waals surface area (Å²) >= 11 is 5.01. The van der Waals surface area contributed by atoms with Crippen LogP contribution in [0.1, 0.15) is 13.8 Å². The lowest BCUT2D eigenvalue weighted by Gasteiger charge is -2.13. The summed E-state index contributed by atoms with van der Waals surface area (Å²) in [7, 11) is 0. The number of allylic oxidation sites excluding steroid dienone is 1. The maximum absolute atomic E-state index is 11.2. The lowest BCUT2D eigenvalue weighted by molar-refractivity contribution is -0.139. The number of carbonyl (C=O) groups is 1. The molecule has 1 heterocycles. The highest BCUT2D eigenvalue weighted by Gasteiger charge is 2.26. The van der Waals surface area contributed by atoms with Gasteiger partial charge in [0.1, 0.15) is 6.61 Å². The normalized spacial score (nSPS) is 19.8. The average Bonchev–Trinajstić information content (AvgIpc) is 2.70. The molecule has 16 heavy (non-hydrogen) atoms. The van der Waals surface area contributed by atoms with Gasteiger partial charge in [0.15, 0.2) is 0 Å². The molecule has 1 rings (SSSR count). The van der Waals surface area contributed by atoms with Crippen LogP contribution in [0, 0.1) is 0 Å². The maximum Gasteiger partial charge on any atom is 0.333 e. The van der Waals surface area contributed by atoms with E-state index in [1.807, 2.05) is 0 Å². The Kier molecular flexibility index (Phi) is 5.58. The molecule has 1 aliphatic rings. The Morgan fingerprint density at radius 3 is 2.62 bits per heavy atom. The zero-order chi connectivity index (χ0) is 12.0. The predicted molar refractivity (Wildman–Crippen MR) is 62.5 cm³/mol. The highest BCUT2D eigenvalue weighted by atomic mass is 32.5. The Morgan fingerprint density at radius 1 is 1.44 bits per heavy atom. The summed E-state index contributed by atoms with van der Waals surface area (Å²) in [5, 5.41) is 0. The van der Waals surface area contributed by atoms with Crippen LogP contribution < -0.4 is 0 Å². The van der Waals surface area contributed by atoms with Gasteiger partial charge < -0.3 is 18.3 Å². The minimum Gasteiger partial charge on any atom is -0.460 e. The molecule has 0 radical (unpaired) electrons. The second-order valence-corrected chi connectivity index (χ2v) is 6.07. The van der Waals surface area contributed by atoms with Crippen molar-refractivity contribution < 1.29 is 23.1 Å². The fourth-order valence-electron chi connectivity index (χ4n) is 0.925. The minimum absolute atomic E-state index is 0.148. The van der Waals surface area contributed by atoms with Crippen LogP contribution >= 0.6 is 6.72 Å². The van der Waals surface area contributed by atoms with Gasteiger partial charge >= 0.3 is 12.7 Å². The highest BCUT2D eigenvalue weighted by molar-refractivity contribution is 8.07. The van der Waals surface area contributed by atoms with Gasteiger partial charge in [0.2, 0.25) is 0 Å². The lowest BCUT2D eigenvalue weighted by atomic mass is 10.3. The van der Waals surface area contributed by atoms with Gasteiger partial charge in [0, 0.05) is 5.57 Å². The summed E-state index contributed by atoms with van der Waals surface area (Å²) in [6.07, 6.45) is 1.69. The number of carbonyl (C=O) groups excluding carboxylic acids is 1. The molecule has 0 N–H and O–H groups in total. The topological polar surface area (TPSA) is 54.0 Å². The first-order valence-electron chi connectivity index (χ1n) is 4.91. The van der Waals surface area contributed by atoms with E-state index in [1.54, 1.807) is 19.9 Å². The zero-order valence-corrected chi connectivity index (χ0v) is 11.0. The van der Waals surface area contributed by atoms with Crippen LogP contribution in [0.2, 0.25) is 0 Å². The lowest BCUT2D eigenvalue weighted by Crippen LogP contribution is -2.10. The largest absolute Gasteiger partial charge is 0.460 e. The standard InChI is InChI=1S/C9H15O5PS/c1-3-8(2)9(10)11-4-5-12-15(16)13-6-7-14-15/h3H,4-7H2,1-2H3. The molecule has 0 aliphatic carbocycles. The zero-order valence-electron chi connectivity index (χ0n) is 9.30. The molecule has 0 aromatic carbocycles. The molecule has 0 aromatic rings. The minimum atomic E-state index is -2.53. The van der Waals surface area contributed by atoms with Crippen LogP contribution in [0.15, 0.2) is 11.6 Å². The number of rotatable bonds is 5. The second kappa shape index (κ2) is 6.47. The van der Waals surface area contributed by atoms with E-state index in [2.05, 4.69) is 0 Å². The summed E-state index contributed by atoms with van der Waals surface area (Å²) in [4.78, 5) is 11.2. The van der Waals surface area contributed by atoms with Crippen molar-refractivity contribution in [1.82, 2.24) is 0 Å². The Labute approximate surface area is 100.0 Å². The van der Waals surface area contributed by atoms with E-state index in [-0.39, 0.29) is 19.2 Å². The fraction of sp³-hybridized carbons (Fsp3) is 0.667. The summed E-state index contributed by atoms with van der Waals surface area (Å²) in [5.41, 5.74) is 0.566. The van der Waals surface area contributed by atoms with Crippen molar-refractivity contribution in [2.75, 3.05) is 26.4 Å². The molecule has 0 unspecified atom stereocenters. The van der Waals surface area contributed by atoms with Crippen molar-refractivity contribution in [3.63, 3.8) is 0 Å². The van der Waals surface area contributed by atoms with Crippen molar-refractivity contribution in [2.24, 2.45) is 0 Å². The molecule has 1 fully saturated rings. The summed E-state index contributed by atoms with van der Waals surface area (Å²) in [6.45, 7) is 2.21. The van der Waals surface area contributed by atoms with E-state index < -0.39 is 6.72 Å². The van der Waals surface area contributed by atoms with Gasteiger partial charge in [0.05, 0.1) is 19.8 Å². The molecular weight excluding hydrogens is 251 g/mol. The number of ether oxygens (including phenoxy) is 1. The number of hydrogen-bond acceptors (Lipinski definition) is 6. The quantitative estimate of drug-likeness (QED) is 0.327. The van der Waals surface area contributed by atoms with Crippen molar-refractivity contribution in [1.29, 1.82) is 0 Å². The van der Waals surface area contributed by atoms with Crippen molar-refractivity contribution in [3.05, 3.63) is 11.6 Å². The van der Waals surface area contributed by atoms with Gasteiger partial charge in [-0.05, 0) is 25.7 Å². The van der Waals surface area contributed by atoms with Crippen molar-refractivity contribution in [3.8, 4) is 0 Å². The molecule has 5 nitrogen and oxygen atoms in total. The number of hydrogen-bond donors (Lipinski definition) is 0. The van der Waals surface area contributed by atoms with E-state index in [9.17, 15) is 4.79 Å². The van der Waals surface area contributed by atoms with Crippen molar-refractivity contribution >= 4 is 24.5 Å². The van der Waals surface area contributed by atoms with Gasteiger partial charge in [-0.1, -0.05) is 6.08 Å². The van der Waals surface area contributed by atoms with Gasteiger partial charge in [0.25, 0.3) is 0 Å². The Morgan fingerprint density at radius 2 is 2.06 bits per heavy atom. The fourth-order valence-corrected chi connectivity index (χ4v) is 2.71. The molecule has 0 aromatic heterocycles. The van der Waals surface area contributed by atoms with Crippen LogP contribution in [0.3, 0.4) is 0 Å². The summed E-state index contributed by atoms with van der Waals surface area (Å²) in [5.74, 6) is -0.351. The first-order chi connectivity index (χ1) is 7.57. The van der Waals surface area contributed by atoms with Crippen LogP contribution in [-0.2, 0) is 34.9 Å². The molecule has 0 saturated carbocycles. The summed E-state index contributed by atoms with van der Waals surface area (Å²) in [6, 6.07) is 0. The first-order valence-corrected chi connectivity index (χ1v) is 7.47. The van der Waals surface area contributed by atoms with E-state index in [0.29, 0.717) is 18.8 Å². The molecule has 1 saturated heterocycles. The molecule has 1 aliphatic heterocycles. The summed E-state index contributed by atoms with van der Waals surface area (Å²) < 4.78 is 20.5. The molecule has 0 amide bonds. The van der Waals surface area contributed by atoms with Crippen LogP contribution in [0.4, 0.5) is 0 Å². The average molecular weight is 266 g/mol.